The van der Waals surface area contributed by atoms with Crippen LogP contribution in [-0.2, 0) is 16.0 Å². The molecule has 0 radical (unpaired) electrons. The lowest BCUT2D eigenvalue weighted by atomic mass is 10.00. The van der Waals surface area contributed by atoms with Gasteiger partial charge < -0.3 is 14.5 Å². The Hall–Kier alpha value is -2.34. The molecule has 2 heterocycles. The molecule has 1 unspecified atom stereocenters. The second-order valence-electron chi connectivity index (χ2n) is 9.22. The van der Waals surface area contributed by atoms with E-state index in [9.17, 15) is 9.59 Å². The predicted octanol–water partition coefficient (Wildman–Crippen LogP) is 5.02. The van der Waals surface area contributed by atoms with Crippen molar-refractivity contribution in [3.63, 3.8) is 0 Å². The van der Waals surface area contributed by atoms with Gasteiger partial charge in [0, 0.05) is 23.9 Å². The molecule has 1 saturated carbocycles. The fourth-order valence-electron chi connectivity index (χ4n) is 4.38. The van der Waals surface area contributed by atoms with Crippen LogP contribution in [0.3, 0.4) is 0 Å². The minimum absolute atomic E-state index is 0.0213. The Bertz CT molecular complexity index is 933. The van der Waals surface area contributed by atoms with E-state index in [2.05, 4.69) is 44.4 Å². The first-order valence-electron chi connectivity index (χ1n) is 11.8. The first-order chi connectivity index (χ1) is 15.5. The number of ether oxygens (including phenoxy) is 1. The number of carbonyl (C=O) groups excluding carboxylic acids is 2. The molecule has 1 atom stereocenters. The predicted molar refractivity (Wildman–Crippen MR) is 128 cm³/mol. The lowest BCUT2D eigenvalue weighted by Gasteiger charge is -2.37. The quantitative estimate of drug-likeness (QED) is 0.534. The van der Waals surface area contributed by atoms with Crippen LogP contribution >= 0.6 is 11.3 Å². The zero-order chi connectivity index (χ0) is 22.7. The van der Waals surface area contributed by atoms with Gasteiger partial charge in [0.15, 0.2) is 0 Å². The summed E-state index contributed by atoms with van der Waals surface area (Å²) in [6, 6.07) is 10.2. The third-order valence-corrected chi connectivity index (χ3v) is 7.42. The average Bonchev–Trinajstić information content (AvgIpc) is 3.53. The molecule has 32 heavy (non-hydrogen) atoms. The Kier molecular flexibility index (Phi) is 7.19. The van der Waals surface area contributed by atoms with Gasteiger partial charge in [-0.1, -0.05) is 32.9 Å². The second kappa shape index (κ2) is 10.1. The topological polar surface area (TPSA) is 49.9 Å². The molecule has 5 nitrogen and oxygen atoms in total. The maximum atomic E-state index is 13.4. The highest BCUT2D eigenvalue weighted by Crippen LogP contribution is 2.35. The monoisotopic (exact) mass is 454 g/mol. The summed E-state index contributed by atoms with van der Waals surface area (Å²) in [6.45, 7) is 8.30. The highest BCUT2D eigenvalue weighted by Gasteiger charge is 2.37. The lowest BCUT2D eigenvalue weighted by molar-refractivity contribution is -0.143. The second-order valence-corrected chi connectivity index (χ2v) is 10.2. The molecule has 1 fully saturated rings. The highest BCUT2D eigenvalue weighted by atomic mass is 32.1. The average molecular weight is 455 g/mol. The number of rotatable bonds is 9. The molecule has 2 amide bonds. The van der Waals surface area contributed by atoms with E-state index < -0.39 is 0 Å². The van der Waals surface area contributed by atoms with Crippen LogP contribution in [0.15, 0.2) is 35.7 Å². The molecule has 1 aliphatic heterocycles. The van der Waals surface area contributed by atoms with Gasteiger partial charge >= 0.3 is 0 Å². The van der Waals surface area contributed by atoms with Gasteiger partial charge in [-0.3, -0.25) is 9.59 Å². The summed E-state index contributed by atoms with van der Waals surface area (Å²) in [7, 11) is 0. The summed E-state index contributed by atoms with van der Waals surface area (Å²) in [6.07, 6.45) is 3.64. The molecule has 0 bridgehead atoms. The summed E-state index contributed by atoms with van der Waals surface area (Å²) < 4.78 is 6.17. The SMILES string of the molecule is CCCN(CC(=O)N1CCc2sccc2C1COc1ccc(C(C)C)cc1)C(=O)C1CC1. The normalized spacial score (nSPS) is 17.9. The van der Waals surface area contributed by atoms with Crippen molar-refractivity contribution in [2.75, 3.05) is 26.2 Å². The number of benzene rings is 1. The molecule has 2 aliphatic rings. The fourth-order valence-corrected chi connectivity index (χ4v) is 5.31. The van der Waals surface area contributed by atoms with Crippen molar-refractivity contribution >= 4 is 23.2 Å². The van der Waals surface area contributed by atoms with Crippen LogP contribution in [0, 0.1) is 5.92 Å². The number of thiophene rings is 1. The van der Waals surface area contributed by atoms with Crippen molar-refractivity contribution in [1.29, 1.82) is 0 Å². The number of carbonyl (C=O) groups is 2. The molecule has 1 aromatic heterocycles. The van der Waals surface area contributed by atoms with Crippen LogP contribution in [0.4, 0.5) is 0 Å². The Labute approximate surface area is 195 Å². The summed E-state index contributed by atoms with van der Waals surface area (Å²) in [5, 5.41) is 2.10. The number of fused-ring (bicyclic) bond motifs is 1. The zero-order valence-electron chi connectivity index (χ0n) is 19.4. The molecular formula is C26H34N2O3S. The third kappa shape index (κ3) is 5.17. The number of hydrogen-bond acceptors (Lipinski definition) is 4. The molecule has 4 rings (SSSR count). The van der Waals surface area contributed by atoms with E-state index in [4.69, 9.17) is 4.74 Å². The molecule has 0 spiro atoms. The number of nitrogens with zero attached hydrogens (tertiary/aromatic N) is 2. The van der Waals surface area contributed by atoms with E-state index in [0.717, 1.165) is 31.4 Å². The van der Waals surface area contributed by atoms with E-state index in [1.54, 1.807) is 16.2 Å². The maximum Gasteiger partial charge on any atom is 0.242 e. The molecule has 6 heteroatoms. The molecule has 0 N–H and O–H groups in total. The summed E-state index contributed by atoms with van der Waals surface area (Å²) in [4.78, 5) is 31.1. The van der Waals surface area contributed by atoms with E-state index in [1.165, 1.54) is 16.0 Å². The standard InChI is InChI=1S/C26H34N2O3S/c1-4-13-27(26(30)20-5-6-20)16-25(29)28-14-11-24-22(12-15-32-24)23(28)17-31-21-9-7-19(8-10-21)18(2)3/h7-10,12,15,18,20,23H,4-6,11,13-14,16-17H2,1-3H3. The van der Waals surface area contributed by atoms with Crippen LogP contribution < -0.4 is 4.74 Å². The van der Waals surface area contributed by atoms with Crippen molar-refractivity contribution in [2.24, 2.45) is 5.92 Å². The van der Waals surface area contributed by atoms with E-state index in [1.807, 2.05) is 17.0 Å². The van der Waals surface area contributed by atoms with Gasteiger partial charge in [-0.2, -0.15) is 0 Å². The first kappa shape index (κ1) is 22.8. The summed E-state index contributed by atoms with van der Waals surface area (Å²) >= 11 is 1.75. The molecule has 1 aromatic carbocycles. The summed E-state index contributed by atoms with van der Waals surface area (Å²) in [5.74, 6) is 1.60. The van der Waals surface area contributed by atoms with Gasteiger partial charge in [-0.15, -0.1) is 11.3 Å². The smallest absolute Gasteiger partial charge is 0.242 e. The Morgan fingerprint density at radius 2 is 1.94 bits per heavy atom. The van der Waals surface area contributed by atoms with E-state index in [-0.39, 0.29) is 30.3 Å². The number of hydrogen-bond donors (Lipinski definition) is 0. The van der Waals surface area contributed by atoms with Crippen molar-refractivity contribution in [3.05, 3.63) is 51.7 Å². The minimum Gasteiger partial charge on any atom is -0.491 e. The Balaban J connectivity index is 1.47. The van der Waals surface area contributed by atoms with Crippen LogP contribution in [-0.4, -0.2) is 47.9 Å². The van der Waals surface area contributed by atoms with Gasteiger partial charge in [-0.05, 0) is 66.3 Å². The highest BCUT2D eigenvalue weighted by molar-refractivity contribution is 7.10. The van der Waals surface area contributed by atoms with E-state index in [0.29, 0.717) is 25.6 Å². The van der Waals surface area contributed by atoms with Gasteiger partial charge in [0.2, 0.25) is 11.8 Å². The fraction of sp³-hybridized carbons (Fsp3) is 0.538. The van der Waals surface area contributed by atoms with E-state index >= 15 is 0 Å². The van der Waals surface area contributed by atoms with Crippen molar-refractivity contribution < 1.29 is 14.3 Å². The van der Waals surface area contributed by atoms with Crippen LogP contribution in [0.1, 0.15) is 68.0 Å². The Morgan fingerprint density at radius 1 is 1.19 bits per heavy atom. The van der Waals surface area contributed by atoms with Crippen molar-refractivity contribution in [2.45, 2.75) is 58.4 Å². The molecule has 0 saturated heterocycles. The van der Waals surface area contributed by atoms with Gasteiger partial charge in [0.05, 0.1) is 12.6 Å². The Morgan fingerprint density at radius 3 is 2.59 bits per heavy atom. The maximum absolute atomic E-state index is 13.4. The number of amides is 2. The van der Waals surface area contributed by atoms with Crippen molar-refractivity contribution in [1.82, 2.24) is 9.80 Å². The summed E-state index contributed by atoms with van der Waals surface area (Å²) in [5.41, 5.74) is 2.47. The van der Waals surface area contributed by atoms with Gasteiger partial charge in [0.1, 0.15) is 12.4 Å². The zero-order valence-corrected chi connectivity index (χ0v) is 20.2. The van der Waals surface area contributed by atoms with Crippen LogP contribution in [0.25, 0.3) is 0 Å². The largest absolute Gasteiger partial charge is 0.491 e. The minimum atomic E-state index is -0.123. The van der Waals surface area contributed by atoms with Crippen LogP contribution in [0.5, 0.6) is 5.75 Å². The first-order valence-corrected chi connectivity index (χ1v) is 12.7. The third-order valence-electron chi connectivity index (χ3n) is 6.43. The molecule has 2 aromatic rings. The molecular weight excluding hydrogens is 420 g/mol. The molecule has 172 valence electrons. The van der Waals surface area contributed by atoms with Crippen molar-refractivity contribution in [3.8, 4) is 5.75 Å². The lowest BCUT2D eigenvalue weighted by Crippen LogP contribution is -2.48. The van der Waals surface area contributed by atoms with Crippen LogP contribution in [0.2, 0.25) is 0 Å². The molecule has 1 aliphatic carbocycles. The van der Waals surface area contributed by atoms with Gasteiger partial charge in [0.25, 0.3) is 0 Å². The van der Waals surface area contributed by atoms with Gasteiger partial charge in [-0.25, -0.2) is 0 Å².